The maximum absolute atomic E-state index is 11.9. The molecular formula is C15H13N3O. The Bertz CT molecular complexity index is 635. The number of aromatic nitrogens is 1. The average molecular weight is 251 g/mol. The van der Waals surface area contributed by atoms with Gasteiger partial charge in [0.25, 0.3) is 5.91 Å². The third-order valence-corrected chi connectivity index (χ3v) is 3.19. The van der Waals surface area contributed by atoms with Crippen LogP contribution in [0.15, 0.2) is 53.9 Å². The van der Waals surface area contributed by atoms with Crippen molar-refractivity contribution in [3.8, 4) is 0 Å². The monoisotopic (exact) mass is 251 g/mol. The number of nitrogens with zero attached hydrogens (tertiary/aromatic N) is 2. The van der Waals surface area contributed by atoms with Crippen molar-refractivity contribution < 1.29 is 4.79 Å². The maximum atomic E-state index is 11.9. The van der Waals surface area contributed by atoms with Gasteiger partial charge in [0.1, 0.15) is 0 Å². The van der Waals surface area contributed by atoms with Gasteiger partial charge in [0.15, 0.2) is 0 Å². The second-order valence-corrected chi connectivity index (χ2v) is 4.39. The van der Waals surface area contributed by atoms with Gasteiger partial charge < -0.3 is 0 Å². The minimum Gasteiger partial charge on any atom is -0.267 e. The first-order valence-corrected chi connectivity index (χ1v) is 6.20. The molecule has 4 heteroatoms. The van der Waals surface area contributed by atoms with E-state index in [0.717, 1.165) is 24.1 Å². The molecule has 0 saturated heterocycles. The summed E-state index contributed by atoms with van der Waals surface area (Å²) in [4.78, 5) is 15.7. The molecule has 1 N–H and O–H groups in total. The number of hydrazone groups is 1. The lowest BCUT2D eigenvalue weighted by Crippen LogP contribution is -2.19. The lowest BCUT2D eigenvalue weighted by atomic mass is 10.1. The van der Waals surface area contributed by atoms with Gasteiger partial charge in [-0.1, -0.05) is 24.3 Å². The Hall–Kier alpha value is -2.49. The first-order valence-electron chi connectivity index (χ1n) is 6.20. The molecule has 19 heavy (non-hydrogen) atoms. The van der Waals surface area contributed by atoms with Crippen molar-refractivity contribution >= 4 is 11.6 Å². The van der Waals surface area contributed by atoms with Crippen LogP contribution in [0.25, 0.3) is 0 Å². The fourth-order valence-corrected chi connectivity index (χ4v) is 2.21. The number of hydrogen-bond acceptors (Lipinski definition) is 3. The van der Waals surface area contributed by atoms with Crippen LogP contribution >= 0.6 is 0 Å². The zero-order chi connectivity index (χ0) is 13.1. The van der Waals surface area contributed by atoms with Crippen LogP contribution in [-0.4, -0.2) is 16.6 Å². The van der Waals surface area contributed by atoms with Crippen molar-refractivity contribution in [2.24, 2.45) is 5.10 Å². The van der Waals surface area contributed by atoms with Crippen LogP contribution in [0.4, 0.5) is 0 Å². The minimum atomic E-state index is -0.209. The van der Waals surface area contributed by atoms with Crippen LogP contribution in [-0.2, 0) is 6.42 Å². The lowest BCUT2D eigenvalue weighted by molar-refractivity contribution is 0.0954. The van der Waals surface area contributed by atoms with Crippen molar-refractivity contribution in [2.45, 2.75) is 12.8 Å². The Kier molecular flexibility index (Phi) is 3.06. The Morgan fingerprint density at radius 3 is 2.74 bits per heavy atom. The molecule has 1 aliphatic carbocycles. The van der Waals surface area contributed by atoms with E-state index in [1.165, 1.54) is 5.56 Å². The van der Waals surface area contributed by atoms with Gasteiger partial charge in [-0.25, -0.2) is 5.43 Å². The Balaban J connectivity index is 1.77. The van der Waals surface area contributed by atoms with Gasteiger partial charge >= 0.3 is 0 Å². The van der Waals surface area contributed by atoms with Crippen molar-refractivity contribution in [1.82, 2.24) is 10.4 Å². The number of hydrogen-bond donors (Lipinski definition) is 1. The number of amides is 1. The molecule has 3 rings (SSSR count). The van der Waals surface area contributed by atoms with E-state index in [-0.39, 0.29) is 5.91 Å². The molecule has 0 radical (unpaired) electrons. The number of rotatable bonds is 2. The van der Waals surface area contributed by atoms with Gasteiger partial charge in [0.2, 0.25) is 0 Å². The number of nitrogens with one attached hydrogen (secondary N) is 1. The largest absolute Gasteiger partial charge is 0.271 e. The van der Waals surface area contributed by atoms with E-state index < -0.39 is 0 Å². The molecule has 0 fully saturated rings. The molecule has 1 aliphatic rings. The lowest BCUT2D eigenvalue weighted by Gasteiger charge is -2.02. The SMILES string of the molecule is O=C(N/N=C1/CCc2ccccc21)c1ccncc1. The summed E-state index contributed by atoms with van der Waals surface area (Å²) in [6, 6.07) is 11.5. The Morgan fingerprint density at radius 1 is 1.11 bits per heavy atom. The standard InChI is InChI=1S/C15H13N3O/c19-15(12-7-9-16-10-8-12)18-17-14-6-5-11-3-1-2-4-13(11)14/h1-4,7-10H,5-6H2,(H,18,19)/b17-14-. The quantitative estimate of drug-likeness (QED) is 0.831. The van der Waals surface area contributed by atoms with Gasteiger partial charge in [-0.05, 0) is 30.5 Å². The smallest absolute Gasteiger partial charge is 0.267 e. The highest BCUT2D eigenvalue weighted by atomic mass is 16.2. The summed E-state index contributed by atoms with van der Waals surface area (Å²) in [5, 5.41) is 4.24. The molecule has 0 unspecified atom stereocenters. The molecule has 1 aromatic heterocycles. The van der Waals surface area contributed by atoms with E-state index in [1.54, 1.807) is 24.5 Å². The van der Waals surface area contributed by atoms with Crippen LogP contribution in [0.2, 0.25) is 0 Å². The predicted octanol–water partition coefficient (Wildman–Crippen LogP) is 2.16. The molecular weight excluding hydrogens is 238 g/mol. The van der Waals surface area contributed by atoms with Crippen molar-refractivity contribution in [1.29, 1.82) is 0 Å². The van der Waals surface area contributed by atoms with Gasteiger partial charge in [0.05, 0.1) is 5.71 Å². The summed E-state index contributed by atoms with van der Waals surface area (Å²) in [6.45, 7) is 0. The van der Waals surface area contributed by atoms with E-state index in [9.17, 15) is 4.79 Å². The van der Waals surface area contributed by atoms with Crippen LogP contribution in [0.3, 0.4) is 0 Å². The van der Waals surface area contributed by atoms with E-state index in [1.807, 2.05) is 18.2 Å². The molecule has 2 aromatic rings. The molecule has 94 valence electrons. The van der Waals surface area contributed by atoms with Gasteiger partial charge in [-0.3, -0.25) is 9.78 Å². The summed E-state index contributed by atoms with van der Waals surface area (Å²) >= 11 is 0. The second kappa shape index (κ2) is 5.02. The summed E-state index contributed by atoms with van der Waals surface area (Å²) in [5.74, 6) is -0.209. The molecule has 0 bridgehead atoms. The maximum Gasteiger partial charge on any atom is 0.271 e. The zero-order valence-electron chi connectivity index (χ0n) is 10.3. The van der Waals surface area contributed by atoms with Crippen molar-refractivity contribution in [2.75, 3.05) is 0 Å². The fourth-order valence-electron chi connectivity index (χ4n) is 2.21. The number of carbonyl (C=O) groups is 1. The van der Waals surface area contributed by atoms with Crippen LogP contribution < -0.4 is 5.43 Å². The predicted molar refractivity (Wildman–Crippen MR) is 73.0 cm³/mol. The molecule has 0 atom stereocenters. The number of fused-ring (bicyclic) bond motifs is 1. The summed E-state index contributed by atoms with van der Waals surface area (Å²) < 4.78 is 0. The summed E-state index contributed by atoms with van der Waals surface area (Å²) in [6.07, 6.45) is 5.04. The molecule has 0 aliphatic heterocycles. The zero-order valence-corrected chi connectivity index (χ0v) is 10.3. The number of pyridine rings is 1. The Morgan fingerprint density at radius 2 is 1.89 bits per heavy atom. The van der Waals surface area contributed by atoms with Gasteiger partial charge in [0, 0.05) is 23.5 Å². The van der Waals surface area contributed by atoms with E-state index >= 15 is 0 Å². The van der Waals surface area contributed by atoms with E-state index in [2.05, 4.69) is 21.6 Å². The molecule has 1 heterocycles. The molecule has 4 nitrogen and oxygen atoms in total. The molecule has 1 aromatic carbocycles. The van der Waals surface area contributed by atoms with Crippen LogP contribution in [0.1, 0.15) is 27.9 Å². The van der Waals surface area contributed by atoms with E-state index in [4.69, 9.17) is 0 Å². The summed E-state index contributed by atoms with van der Waals surface area (Å²) in [7, 11) is 0. The fraction of sp³-hybridized carbons (Fsp3) is 0.133. The first-order chi connectivity index (χ1) is 9.34. The molecule has 0 spiro atoms. The third kappa shape index (κ3) is 2.38. The van der Waals surface area contributed by atoms with Gasteiger partial charge in [-0.2, -0.15) is 5.10 Å². The molecule has 0 saturated carbocycles. The van der Waals surface area contributed by atoms with Crippen molar-refractivity contribution in [3.05, 3.63) is 65.5 Å². The summed E-state index contributed by atoms with van der Waals surface area (Å²) in [5.41, 5.74) is 6.53. The highest BCUT2D eigenvalue weighted by molar-refractivity contribution is 6.05. The topological polar surface area (TPSA) is 54.4 Å². The highest BCUT2D eigenvalue weighted by Crippen LogP contribution is 2.21. The number of aryl methyl sites for hydroxylation is 1. The van der Waals surface area contributed by atoms with Crippen molar-refractivity contribution in [3.63, 3.8) is 0 Å². The third-order valence-electron chi connectivity index (χ3n) is 3.19. The van der Waals surface area contributed by atoms with Crippen LogP contribution in [0, 0.1) is 0 Å². The highest BCUT2D eigenvalue weighted by Gasteiger charge is 2.17. The Labute approximate surface area is 111 Å². The first kappa shape index (κ1) is 11.6. The van der Waals surface area contributed by atoms with E-state index in [0.29, 0.717) is 5.56 Å². The molecule has 1 amide bonds. The number of carbonyl (C=O) groups excluding carboxylic acids is 1. The second-order valence-electron chi connectivity index (χ2n) is 4.39. The van der Waals surface area contributed by atoms with Crippen LogP contribution in [0.5, 0.6) is 0 Å². The average Bonchev–Trinajstić information content (AvgIpc) is 2.89. The van der Waals surface area contributed by atoms with Gasteiger partial charge in [-0.15, -0.1) is 0 Å². The normalized spacial score (nSPS) is 15.3. The minimum absolute atomic E-state index is 0.209. The number of benzene rings is 1.